The van der Waals surface area contributed by atoms with Gasteiger partial charge in [-0.2, -0.15) is 4.31 Å². The first-order chi connectivity index (χ1) is 9.91. The van der Waals surface area contributed by atoms with Crippen LogP contribution in [0.2, 0.25) is 0 Å². The number of hydrogen-bond acceptors (Lipinski definition) is 6. The van der Waals surface area contributed by atoms with Crippen molar-refractivity contribution >= 4 is 16.0 Å². The normalized spacial score (nSPS) is 34.8. The number of carbonyl (C=O) groups excluding carboxylic acids is 1. The van der Waals surface area contributed by atoms with Crippen molar-refractivity contribution in [2.24, 2.45) is 5.92 Å². The maximum Gasteiger partial charge on any atom is 0.310 e. The SMILES string of the molecule is COC(=O)C1CCCC1S(=O)(=O)N1CC(CO)OCC1C. The molecule has 8 heteroatoms. The summed E-state index contributed by atoms with van der Waals surface area (Å²) in [5, 5.41) is 8.45. The number of morpholine rings is 1. The van der Waals surface area contributed by atoms with Crippen molar-refractivity contribution in [1.82, 2.24) is 4.31 Å². The fourth-order valence-corrected chi connectivity index (χ4v) is 5.55. The Bertz CT molecular complexity index is 479. The summed E-state index contributed by atoms with van der Waals surface area (Å²) in [6.45, 7) is 1.93. The van der Waals surface area contributed by atoms with Crippen LogP contribution in [0.15, 0.2) is 0 Å². The zero-order chi connectivity index (χ0) is 15.6. The minimum Gasteiger partial charge on any atom is -0.469 e. The fraction of sp³-hybridized carbons (Fsp3) is 0.923. The maximum atomic E-state index is 12.9. The molecule has 0 bridgehead atoms. The molecule has 2 rings (SSSR count). The first-order valence-electron chi connectivity index (χ1n) is 7.22. The lowest BCUT2D eigenvalue weighted by Gasteiger charge is -2.38. The van der Waals surface area contributed by atoms with Crippen molar-refractivity contribution in [2.45, 2.75) is 43.6 Å². The quantitative estimate of drug-likeness (QED) is 0.717. The van der Waals surface area contributed by atoms with Gasteiger partial charge in [0.1, 0.15) is 0 Å². The minimum atomic E-state index is -3.62. The van der Waals surface area contributed by atoms with E-state index in [-0.39, 0.29) is 25.8 Å². The standard InChI is InChI=1S/C13H23NO6S/c1-9-8-20-10(7-15)6-14(9)21(17,18)12-5-3-4-11(12)13(16)19-2/h9-12,15H,3-8H2,1-2H3. The van der Waals surface area contributed by atoms with Gasteiger partial charge >= 0.3 is 5.97 Å². The van der Waals surface area contributed by atoms with E-state index in [1.165, 1.54) is 11.4 Å². The Morgan fingerprint density at radius 1 is 1.43 bits per heavy atom. The van der Waals surface area contributed by atoms with Gasteiger partial charge in [0.05, 0.1) is 37.6 Å². The van der Waals surface area contributed by atoms with Crippen LogP contribution in [0, 0.1) is 5.92 Å². The van der Waals surface area contributed by atoms with Crippen LogP contribution in [0.4, 0.5) is 0 Å². The molecule has 1 saturated carbocycles. The van der Waals surface area contributed by atoms with Gasteiger partial charge in [-0.05, 0) is 19.8 Å². The van der Waals surface area contributed by atoms with E-state index in [4.69, 9.17) is 9.47 Å². The van der Waals surface area contributed by atoms with Crippen molar-refractivity contribution in [2.75, 3.05) is 26.9 Å². The third-order valence-corrected chi connectivity index (χ3v) is 6.81. The van der Waals surface area contributed by atoms with Crippen LogP contribution in [0.25, 0.3) is 0 Å². The van der Waals surface area contributed by atoms with Gasteiger partial charge in [-0.15, -0.1) is 0 Å². The van der Waals surface area contributed by atoms with Crippen LogP contribution in [-0.4, -0.2) is 68.1 Å². The van der Waals surface area contributed by atoms with Gasteiger partial charge in [0.2, 0.25) is 10.0 Å². The zero-order valence-electron chi connectivity index (χ0n) is 12.4. The lowest BCUT2D eigenvalue weighted by molar-refractivity contribution is -0.145. The first-order valence-corrected chi connectivity index (χ1v) is 8.73. The molecule has 1 N–H and O–H groups in total. The smallest absolute Gasteiger partial charge is 0.310 e. The summed E-state index contributed by atoms with van der Waals surface area (Å²) >= 11 is 0. The van der Waals surface area contributed by atoms with E-state index in [0.29, 0.717) is 19.3 Å². The molecule has 2 fully saturated rings. The van der Waals surface area contributed by atoms with Gasteiger partial charge in [-0.3, -0.25) is 4.79 Å². The molecule has 1 heterocycles. The Labute approximate surface area is 125 Å². The molecule has 1 saturated heterocycles. The van der Waals surface area contributed by atoms with Crippen molar-refractivity contribution in [3.63, 3.8) is 0 Å². The summed E-state index contributed by atoms with van der Waals surface area (Å²) in [7, 11) is -2.34. The highest BCUT2D eigenvalue weighted by Crippen LogP contribution is 2.35. The lowest BCUT2D eigenvalue weighted by Crippen LogP contribution is -2.55. The molecule has 4 unspecified atom stereocenters. The second kappa shape index (κ2) is 6.60. The fourth-order valence-electron chi connectivity index (χ4n) is 3.13. The monoisotopic (exact) mass is 321 g/mol. The summed E-state index contributed by atoms with van der Waals surface area (Å²) in [6, 6.07) is -0.295. The van der Waals surface area contributed by atoms with E-state index < -0.39 is 33.3 Å². The second-order valence-electron chi connectivity index (χ2n) is 5.70. The van der Waals surface area contributed by atoms with Crippen LogP contribution >= 0.6 is 0 Å². The van der Waals surface area contributed by atoms with Crippen LogP contribution in [0.3, 0.4) is 0 Å². The molecule has 21 heavy (non-hydrogen) atoms. The van der Waals surface area contributed by atoms with Gasteiger partial charge in [0.25, 0.3) is 0 Å². The van der Waals surface area contributed by atoms with E-state index in [1.54, 1.807) is 6.92 Å². The molecule has 0 aromatic carbocycles. The van der Waals surface area contributed by atoms with Crippen molar-refractivity contribution in [3.05, 3.63) is 0 Å². The van der Waals surface area contributed by atoms with Crippen LogP contribution in [-0.2, 0) is 24.3 Å². The van der Waals surface area contributed by atoms with Gasteiger partial charge in [-0.25, -0.2) is 8.42 Å². The van der Waals surface area contributed by atoms with Crippen LogP contribution < -0.4 is 0 Å². The highest BCUT2D eigenvalue weighted by molar-refractivity contribution is 7.89. The zero-order valence-corrected chi connectivity index (χ0v) is 13.2. The van der Waals surface area contributed by atoms with Crippen molar-refractivity contribution < 1.29 is 27.8 Å². The predicted octanol–water partition coefficient (Wildman–Crippen LogP) is -0.260. The summed E-state index contributed by atoms with van der Waals surface area (Å²) in [6.07, 6.45) is 1.20. The minimum absolute atomic E-state index is 0.129. The van der Waals surface area contributed by atoms with E-state index in [1.807, 2.05) is 0 Å². The van der Waals surface area contributed by atoms with E-state index in [0.717, 1.165) is 0 Å². The number of carbonyl (C=O) groups is 1. The second-order valence-corrected chi connectivity index (χ2v) is 7.81. The number of ether oxygens (including phenoxy) is 2. The Balaban J connectivity index is 2.21. The molecule has 4 atom stereocenters. The van der Waals surface area contributed by atoms with Crippen LogP contribution in [0.5, 0.6) is 0 Å². The molecule has 0 aromatic heterocycles. The van der Waals surface area contributed by atoms with Gasteiger partial charge in [-0.1, -0.05) is 6.42 Å². The third kappa shape index (κ3) is 3.23. The third-order valence-electron chi connectivity index (χ3n) is 4.32. The topological polar surface area (TPSA) is 93.1 Å². The largest absolute Gasteiger partial charge is 0.469 e. The van der Waals surface area contributed by atoms with Gasteiger partial charge < -0.3 is 14.6 Å². The number of sulfonamides is 1. The highest BCUT2D eigenvalue weighted by atomic mass is 32.2. The van der Waals surface area contributed by atoms with Crippen LogP contribution in [0.1, 0.15) is 26.2 Å². The molecule has 0 amide bonds. The van der Waals surface area contributed by atoms with E-state index in [2.05, 4.69) is 0 Å². The highest BCUT2D eigenvalue weighted by Gasteiger charge is 2.47. The predicted molar refractivity (Wildman–Crippen MR) is 75.1 cm³/mol. The molecular formula is C13H23NO6S. The van der Waals surface area contributed by atoms with Gasteiger partial charge in [0.15, 0.2) is 0 Å². The number of aliphatic hydroxyl groups is 1. The maximum absolute atomic E-state index is 12.9. The number of methoxy groups -OCH3 is 1. The summed E-state index contributed by atoms with van der Waals surface area (Å²) < 4.78 is 37.2. The molecule has 1 aliphatic carbocycles. The summed E-state index contributed by atoms with van der Waals surface area (Å²) in [4.78, 5) is 11.8. The molecular weight excluding hydrogens is 298 g/mol. The van der Waals surface area contributed by atoms with Crippen molar-refractivity contribution in [3.8, 4) is 0 Å². The van der Waals surface area contributed by atoms with E-state index >= 15 is 0 Å². The number of hydrogen-bond donors (Lipinski definition) is 1. The van der Waals surface area contributed by atoms with Gasteiger partial charge in [0, 0.05) is 12.6 Å². The average Bonchev–Trinajstić information content (AvgIpc) is 2.97. The molecule has 0 spiro atoms. The Morgan fingerprint density at radius 3 is 2.76 bits per heavy atom. The molecule has 122 valence electrons. The Hall–Kier alpha value is -0.700. The molecule has 1 aliphatic heterocycles. The lowest BCUT2D eigenvalue weighted by atomic mass is 10.1. The molecule has 0 radical (unpaired) electrons. The average molecular weight is 321 g/mol. The summed E-state index contributed by atoms with van der Waals surface area (Å²) in [5.74, 6) is -1.05. The van der Waals surface area contributed by atoms with E-state index in [9.17, 15) is 18.3 Å². The molecule has 7 nitrogen and oxygen atoms in total. The Morgan fingerprint density at radius 2 is 2.14 bits per heavy atom. The first kappa shape index (κ1) is 16.7. The number of nitrogens with zero attached hydrogens (tertiary/aromatic N) is 1. The number of rotatable bonds is 4. The number of esters is 1. The molecule has 2 aliphatic rings. The number of aliphatic hydroxyl groups excluding tert-OH is 1. The van der Waals surface area contributed by atoms with Crippen molar-refractivity contribution in [1.29, 1.82) is 0 Å². The Kier molecular flexibility index (Phi) is 5.24. The molecule has 0 aromatic rings. The summed E-state index contributed by atoms with van der Waals surface area (Å²) in [5.41, 5.74) is 0.